The van der Waals surface area contributed by atoms with Gasteiger partial charge < -0.3 is 10.2 Å². The Morgan fingerprint density at radius 3 is 2.33 bits per heavy atom. The van der Waals surface area contributed by atoms with Crippen LogP contribution in [0.2, 0.25) is 0 Å². The van der Waals surface area contributed by atoms with E-state index in [1.54, 1.807) is 4.90 Å². The van der Waals surface area contributed by atoms with Gasteiger partial charge in [0.1, 0.15) is 5.54 Å². The minimum Gasteiger partial charge on any atom is -0.336 e. The number of piperidine rings is 1. The quantitative estimate of drug-likeness (QED) is 0.797. The molecule has 2 saturated heterocycles. The van der Waals surface area contributed by atoms with Crippen molar-refractivity contribution in [2.24, 2.45) is 0 Å². The summed E-state index contributed by atoms with van der Waals surface area (Å²) in [7, 11) is 0. The predicted octanol–water partition coefficient (Wildman–Crippen LogP) is 3.34. The van der Waals surface area contributed by atoms with Gasteiger partial charge in [-0.05, 0) is 51.3 Å². The molecular weight excluding hydrogens is 378 g/mol. The van der Waals surface area contributed by atoms with Crippen LogP contribution in [0.25, 0.3) is 0 Å². The van der Waals surface area contributed by atoms with Crippen molar-refractivity contribution in [1.29, 1.82) is 0 Å². The van der Waals surface area contributed by atoms with Gasteiger partial charge in [0.15, 0.2) is 0 Å². The van der Waals surface area contributed by atoms with E-state index < -0.39 is 5.54 Å². The fourth-order valence-electron chi connectivity index (χ4n) is 4.48. The first-order valence-electron chi connectivity index (χ1n) is 10.3. The molecule has 0 bridgehead atoms. The molecule has 2 aliphatic rings. The highest BCUT2D eigenvalue weighted by atomic mass is 16.2. The van der Waals surface area contributed by atoms with E-state index in [-0.39, 0.29) is 30.9 Å². The molecule has 30 heavy (non-hydrogen) atoms. The second-order valence-corrected chi connectivity index (χ2v) is 8.60. The summed E-state index contributed by atoms with van der Waals surface area (Å²) in [4.78, 5) is 42.0. The maximum Gasteiger partial charge on any atom is 0.325 e. The largest absolute Gasteiger partial charge is 0.336 e. The zero-order valence-electron chi connectivity index (χ0n) is 17.7. The lowest BCUT2D eigenvalue weighted by molar-refractivity contribution is -0.133. The van der Waals surface area contributed by atoms with Crippen LogP contribution < -0.4 is 5.32 Å². The molecule has 0 unspecified atom stereocenters. The van der Waals surface area contributed by atoms with E-state index in [0.29, 0.717) is 24.9 Å². The predicted molar refractivity (Wildman–Crippen MR) is 114 cm³/mol. The number of amides is 4. The molecule has 156 valence electrons. The summed E-state index contributed by atoms with van der Waals surface area (Å²) in [5.74, 6) is -0.342. The minimum atomic E-state index is -1.03. The fourth-order valence-corrected chi connectivity index (χ4v) is 4.48. The Balaban J connectivity index is 1.54. The second-order valence-electron chi connectivity index (χ2n) is 8.60. The molecule has 1 spiro atoms. The van der Waals surface area contributed by atoms with Crippen LogP contribution in [0.4, 0.5) is 4.79 Å². The summed E-state index contributed by atoms with van der Waals surface area (Å²) in [5, 5.41) is 2.90. The van der Waals surface area contributed by atoms with Crippen molar-refractivity contribution < 1.29 is 14.4 Å². The Labute approximate surface area is 176 Å². The Kier molecular flexibility index (Phi) is 5.10. The SMILES string of the molecule is Cc1ccc(CN2C(=O)N[C@@]3(CCCN(C(=O)c4cc(C)cc(C)c4)C3)C2=O)cc1. The molecule has 2 aromatic rings. The molecular formula is C24H27N3O3. The van der Waals surface area contributed by atoms with Crippen molar-refractivity contribution >= 4 is 17.8 Å². The molecule has 0 aliphatic carbocycles. The summed E-state index contributed by atoms with van der Waals surface area (Å²) in [6.07, 6.45) is 1.21. The number of nitrogens with zero attached hydrogens (tertiary/aromatic N) is 2. The van der Waals surface area contributed by atoms with Gasteiger partial charge in [-0.15, -0.1) is 0 Å². The van der Waals surface area contributed by atoms with Crippen LogP contribution >= 0.6 is 0 Å². The third kappa shape index (κ3) is 3.70. The van der Waals surface area contributed by atoms with Gasteiger partial charge in [0.05, 0.1) is 13.1 Å². The van der Waals surface area contributed by atoms with Gasteiger partial charge in [-0.2, -0.15) is 0 Å². The van der Waals surface area contributed by atoms with Gasteiger partial charge in [-0.25, -0.2) is 4.79 Å². The molecule has 0 aromatic heterocycles. The molecule has 4 rings (SSSR count). The molecule has 2 aliphatic heterocycles. The Morgan fingerprint density at radius 2 is 1.67 bits per heavy atom. The van der Waals surface area contributed by atoms with Crippen molar-refractivity contribution in [3.8, 4) is 0 Å². The Bertz CT molecular complexity index is 995. The number of carbonyl (C=O) groups is 3. The van der Waals surface area contributed by atoms with E-state index in [1.165, 1.54) is 4.90 Å². The van der Waals surface area contributed by atoms with E-state index in [1.807, 2.05) is 63.2 Å². The lowest BCUT2D eigenvalue weighted by Crippen LogP contribution is -2.59. The molecule has 0 saturated carbocycles. The lowest BCUT2D eigenvalue weighted by atomic mass is 9.88. The summed E-state index contributed by atoms with van der Waals surface area (Å²) in [6, 6.07) is 13.2. The summed E-state index contributed by atoms with van der Waals surface area (Å²) >= 11 is 0. The van der Waals surface area contributed by atoms with E-state index >= 15 is 0 Å². The molecule has 2 heterocycles. The Hall–Kier alpha value is -3.15. The van der Waals surface area contributed by atoms with Crippen LogP contribution in [0, 0.1) is 20.8 Å². The summed E-state index contributed by atoms with van der Waals surface area (Å²) in [6.45, 7) is 6.94. The molecule has 4 amide bonds. The Morgan fingerprint density at radius 1 is 1.00 bits per heavy atom. The maximum absolute atomic E-state index is 13.3. The standard InChI is InChI=1S/C24H27N3O3/c1-16-5-7-19(8-6-16)14-27-22(29)24(25-23(27)30)9-4-10-26(15-24)21(28)20-12-17(2)11-18(3)13-20/h5-8,11-13H,4,9-10,14-15H2,1-3H3,(H,25,30)/t24-/m1/s1. The van der Waals surface area contributed by atoms with E-state index in [9.17, 15) is 14.4 Å². The summed E-state index contributed by atoms with van der Waals surface area (Å²) < 4.78 is 0. The normalized spacial score (nSPS) is 21.3. The monoisotopic (exact) mass is 405 g/mol. The molecule has 6 heteroatoms. The van der Waals surface area contributed by atoms with Crippen LogP contribution in [0.1, 0.15) is 45.5 Å². The van der Waals surface area contributed by atoms with Gasteiger partial charge in [0.2, 0.25) is 0 Å². The first kappa shape index (κ1) is 20.1. The third-order valence-electron chi connectivity index (χ3n) is 5.96. The number of nitrogens with one attached hydrogen (secondary N) is 1. The molecule has 1 N–H and O–H groups in total. The van der Waals surface area contributed by atoms with E-state index in [2.05, 4.69) is 5.32 Å². The number of hydrogen-bond donors (Lipinski definition) is 1. The molecule has 0 radical (unpaired) electrons. The molecule has 2 fully saturated rings. The number of carbonyl (C=O) groups excluding carboxylic acids is 3. The van der Waals surface area contributed by atoms with Gasteiger partial charge in [0, 0.05) is 12.1 Å². The highest BCUT2D eigenvalue weighted by molar-refractivity contribution is 6.07. The zero-order chi connectivity index (χ0) is 21.5. The number of hydrogen-bond acceptors (Lipinski definition) is 3. The number of aryl methyl sites for hydroxylation is 3. The highest BCUT2D eigenvalue weighted by Crippen LogP contribution is 2.30. The van der Waals surface area contributed by atoms with E-state index in [0.717, 1.165) is 22.3 Å². The van der Waals surface area contributed by atoms with Crippen molar-refractivity contribution in [3.63, 3.8) is 0 Å². The van der Waals surface area contributed by atoms with Crippen LogP contribution in [0.5, 0.6) is 0 Å². The smallest absolute Gasteiger partial charge is 0.325 e. The van der Waals surface area contributed by atoms with Gasteiger partial charge >= 0.3 is 6.03 Å². The maximum atomic E-state index is 13.3. The number of rotatable bonds is 3. The zero-order valence-corrected chi connectivity index (χ0v) is 17.7. The summed E-state index contributed by atoms with van der Waals surface area (Å²) in [5.41, 5.74) is 3.67. The first-order chi connectivity index (χ1) is 14.3. The van der Waals surface area contributed by atoms with Gasteiger partial charge in [-0.1, -0.05) is 47.0 Å². The van der Waals surface area contributed by atoms with Crippen LogP contribution in [-0.2, 0) is 11.3 Å². The van der Waals surface area contributed by atoms with Crippen molar-refractivity contribution in [1.82, 2.24) is 15.1 Å². The fraction of sp³-hybridized carbons (Fsp3) is 0.375. The molecule has 6 nitrogen and oxygen atoms in total. The van der Waals surface area contributed by atoms with Crippen molar-refractivity contribution in [2.45, 2.75) is 45.7 Å². The van der Waals surface area contributed by atoms with E-state index in [4.69, 9.17) is 0 Å². The average molecular weight is 405 g/mol. The number of benzene rings is 2. The van der Waals surface area contributed by atoms with Gasteiger partial charge in [-0.3, -0.25) is 14.5 Å². The van der Waals surface area contributed by atoms with Crippen LogP contribution in [0.15, 0.2) is 42.5 Å². The van der Waals surface area contributed by atoms with Crippen LogP contribution in [0.3, 0.4) is 0 Å². The van der Waals surface area contributed by atoms with Crippen molar-refractivity contribution in [3.05, 3.63) is 70.3 Å². The topological polar surface area (TPSA) is 69.7 Å². The number of imide groups is 1. The first-order valence-corrected chi connectivity index (χ1v) is 10.3. The average Bonchev–Trinajstić information content (AvgIpc) is 2.92. The molecule has 1 atom stereocenters. The third-order valence-corrected chi connectivity index (χ3v) is 5.96. The minimum absolute atomic E-state index is 0.0973. The van der Waals surface area contributed by atoms with Crippen molar-refractivity contribution in [2.75, 3.05) is 13.1 Å². The number of likely N-dealkylation sites (tertiary alicyclic amines) is 1. The van der Waals surface area contributed by atoms with Gasteiger partial charge in [0.25, 0.3) is 11.8 Å². The second kappa shape index (κ2) is 7.59. The highest BCUT2D eigenvalue weighted by Gasteiger charge is 2.53. The molecule has 2 aromatic carbocycles. The van der Waals surface area contributed by atoms with Crippen LogP contribution in [-0.4, -0.2) is 46.3 Å². The number of urea groups is 1. The lowest BCUT2D eigenvalue weighted by Gasteiger charge is -2.38.